The van der Waals surface area contributed by atoms with Gasteiger partial charge in [-0.1, -0.05) is 0 Å². The van der Waals surface area contributed by atoms with Gasteiger partial charge in [-0.2, -0.15) is 5.10 Å². The van der Waals surface area contributed by atoms with Crippen LogP contribution >= 0.6 is 0 Å². The van der Waals surface area contributed by atoms with Crippen molar-refractivity contribution in [2.75, 3.05) is 5.32 Å². The van der Waals surface area contributed by atoms with Gasteiger partial charge in [-0.05, 0) is 33.6 Å². The molecule has 35 heavy (non-hydrogen) atoms. The maximum absolute atomic E-state index is 15.0. The molecular weight excluding hydrogens is 474 g/mol. The zero-order valence-electron chi connectivity index (χ0n) is 19.2. The van der Waals surface area contributed by atoms with Crippen LogP contribution < -0.4 is 10.6 Å². The first-order chi connectivity index (χ1) is 16.5. The maximum atomic E-state index is 15.0. The van der Waals surface area contributed by atoms with E-state index in [0.29, 0.717) is 35.6 Å². The van der Waals surface area contributed by atoms with Crippen molar-refractivity contribution < 1.29 is 31.8 Å². The van der Waals surface area contributed by atoms with E-state index in [-0.39, 0.29) is 17.7 Å². The molecule has 3 aromatic rings. The molecule has 1 saturated carbocycles. The highest BCUT2D eigenvalue weighted by Gasteiger charge is 2.41. The summed E-state index contributed by atoms with van der Waals surface area (Å²) in [5, 5.41) is 12.5. The molecule has 1 aliphatic carbocycles. The number of ether oxygens (including phenoxy) is 2. The van der Waals surface area contributed by atoms with Crippen molar-refractivity contribution in [2.24, 2.45) is 0 Å². The number of aryl methyl sites for hydroxylation is 1. The van der Waals surface area contributed by atoms with Gasteiger partial charge in [0, 0.05) is 41.7 Å². The molecular formula is C21H25F4N7O3. The van der Waals surface area contributed by atoms with Crippen LogP contribution in [-0.2, 0) is 16.1 Å². The Balaban J connectivity index is 1.46. The zero-order valence-corrected chi connectivity index (χ0v) is 19.2. The number of amides is 1. The van der Waals surface area contributed by atoms with Crippen LogP contribution in [0, 0.1) is 6.92 Å². The number of fused-ring (bicyclic) bond motifs is 1. The highest BCUT2D eigenvalue weighted by molar-refractivity contribution is 5.67. The lowest BCUT2D eigenvalue weighted by Crippen LogP contribution is -2.36. The number of rotatable bonds is 7. The monoisotopic (exact) mass is 499 g/mol. The quantitative estimate of drug-likeness (QED) is 0.416. The van der Waals surface area contributed by atoms with Gasteiger partial charge in [0.25, 0.3) is 0 Å². The highest BCUT2D eigenvalue weighted by atomic mass is 19.4. The Morgan fingerprint density at radius 2 is 2.11 bits per heavy atom. The third-order valence-corrected chi connectivity index (χ3v) is 5.50. The second-order valence-corrected chi connectivity index (χ2v) is 8.63. The predicted molar refractivity (Wildman–Crippen MR) is 116 cm³/mol. The third kappa shape index (κ3) is 5.81. The van der Waals surface area contributed by atoms with Crippen molar-refractivity contribution in [1.29, 1.82) is 0 Å². The first kappa shape index (κ1) is 24.7. The molecule has 1 fully saturated rings. The summed E-state index contributed by atoms with van der Waals surface area (Å²) in [5.74, 6) is 0.0398. The average Bonchev–Trinajstić information content (AvgIpc) is 3.47. The molecule has 0 bridgehead atoms. The van der Waals surface area contributed by atoms with Gasteiger partial charge in [0.2, 0.25) is 5.95 Å². The Labute approximate surface area is 197 Å². The number of imidazole rings is 1. The van der Waals surface area contributed by atoms with E-state index in [1.54, 1.807) is 26.8 Å². The van der Waals surface area contributed by atoms with Gasteiger partial charge in [0.1, 0.15) is 17.9 Å². The lowest BCUT2D eigenvalue weighted by Gasteiger charge is -2.18. The summed E-state index contributed by atoms with van der Waals surface area (Å²) in [5.41, 5.74) is 1.64. The van der Waals surface area contributed by atoms with Crippen molar-refractivity contribution in [1.82, 2.24) is 29.9 Å². The number of carbonyl (C=O) groups is 1. The molecule has 10 nitrogen and oxygen atoms in total. The molecule has 4 rings (SSSR count). The number of aromatic amines is 1. The van der Waals surface area contributed by atoms with Gasteiger partial charge in [-0.25, -0.2) is 19.2 Å². The molecule has 0 radical (unpaired) electrons. The minimum Gasteiger partial charge on any atom is -0.443 e. The smallest absolute Gasteiger partial charge is 0.443 e. The number of aromatic nitrogens is 5. The first-order valence-corrected chi connectivity index (χ1v) is 11.0. The molecule has 1 amide bonds. The number of nitrogens with zero attached hydrogens (tertiary/aromatic N) is 4. The van der Waals surface area contributed by atoms with Crippen molar-refractivity contribution in [2.45, 2.75) is 70.8 Å². The third-order valence-electron chi connectivity index (χ3n) is 5.50. The van der Waals surface area contributed by atoms with Crippen LogP contribution in [0.15, 0.2) is 18.5 Å². The molecule has 0 aromatic carbocycles. The molecule has 1 aliphatic rings. The normalized spacial score (nSPS) is 20.5. The number of H-pyrrole nitrogens is 1. The van der Waals surface area contributed by atoms with Gasteiger partial charge in [-0.3, -0.25) is 14.2 Å². The number of carbonyl (C=O) groups excluding carboxylic acids is 1. The van der Waals surface area contributed by atoms with Gasteiger partial charge in [0.15, 0.2) is 5.82 Å². The standard InChI is InChI=1S/C21H25F4N7O3/c1-10(2)27-20(33)35-15-5-4-13(17(15)22)14-6-16(31-30-14)29-19-26-7-11(3)18-28-12(8-32(18)19)9-34-21(23,24)25/h6-8,10,13,15,17H,4-5,9H2,1-3H3,(H,27,33)(H2,26,29,30,31)/t13-,15-,17+/m0/s1. The van der Waals surface area contributed by atoms with Gasteiger partial charge in [0.05, 0.1) is 12.3 Å². The van der Waals surface area contributed by atoms with E-state index >= 15 is 0 Å². The maximum Gasteiger partial charge on any atom is 0.522 e. The Hall–Kier alpha value is -3.42. The molecule has 0 spiro atoms. The van der Waals surface area contributed by atoms with Crippen LogP contribution in [0.3, 0.4) is 0 Å². The van der Waals surface area contributed by atoms with Gasteiger partial charge < -0.3 is 15.4 Å². The minimum absolute atomic E-state index is 0.0722. The van der Waals surface area contributed by atoms with E-state index in [2.05, 4.69) is 35.5 Å². The number of hydrogen-bond donors (Lipinski definition) is 3. The minimum atomic E-state index is -4.77. The fourth-order valence-electron chi connectivity index (χ4n) is 3.95. The summed E-state index contributed by atoms with van der Waals surface area (Å²) in [7, 11) is 0. The van der Waals surface area contributed by atoms with Crippen molar-refractivity contribution in [3.8, 4) is 0 Å². The second-order valence-electron chi connectivity index (χ2n) is 8.63. The van der Waals surface area contributed by atoms with Crippen LogP contribution in [0.4, 0.5) is 34.1 Å². The second kappa shape index (κ2) is 9.68. The first-order valence-electron chi connectivity index (χ1n) is 11.0. The molecule has 0 aliphatic heterocycles. The summed E-state index contributed by atoms with van der Waals surface area (Å²) < 4.78 is 62.7. The summed E-state index contributed by atoms with van der Waals surface area (Å²) >= 11 is 0. The van der Waals surface area contributed by atoms with Crippen LogP contribution in [0.5, 0.6) is 0 Å². The van der Waals surface area contributed by atoms with E-state index in [1.807, 2.05) is 0 Å². The van der Waals surface area contributed by atoms with Crippen LogP contribution in [0.2, 0.25) is 0 Å². The Morgan fingerprint density at radius 3 is 2.83 bits per heavy atom. The number of anilines is 2. The molecule has 190 valence electrons. The van der Waals surface area contributed by atoms with Crippen molar-refractivity contribution >= 4 is 23.5 Å². The van der Waals surface area contributed by atoms with E-state index in [0.717, 1.165) is 0 Å². The summed E-state index contributed by atoms with van der Waals surface area (Å²) in [6.07, 6.45) is -3.96. The summed E-state index contributed by atoms with van der Waals surface area (Å²) in [4.78, 5) is 20.3. The highest BCUT2D eigenvalue weighted by Crippen LogP contribution is 2.38. The summed E-state index contributed by atoms with van der Waals surface area (Å²) in [6.45, 7) is 4.54. The molecule has 0 saturated heterocycles. The molecule has 3 heterocycles. The average molecular weight is 499 g/mol. The Bertz CT molecular complexity index is 1190. The fraction of sp³-hybridized carbons (Fsp3) is 0.524. The van der Waals surface area contributed by atoms with E-state index in [1.165, 1.54) is 16.8 Å². The van der Waals surface area contributed by atoms with Crippen LogP contribution in [0.25, 0.3) is 5.65 Å². The van der Waals surface area contributed by atoms with Crippen LogP contribution in [-0.4, -0.2) is 55.3 Å². The molecule has 3 atom stereocenters. The van der Waals surface area contributed by atoms with E-state index in [4.69, 9.17) is 4.74 Å². The predicted octanol–water partition coefficient (Wildman–Crippen LogP) is 4.26. The Kier molecular flexibility index (Phi) is 6.83. The van der Waals surface area contributed by atoms with E-state index in [9.17, 15) is 22.4 Å². The summed E-state index contributed by atoms with van der Waals surface area (Å²) in [6, 6.07) is 1.50. The molecule has 14 heteroatoms. The lowest BCUT2D eigenvalue weighted by atomic mass is 10.0. The number of halogens is 4. The fourth-order valence-corrected chi connectivity index (χ4v) is 3.95. The lowest BCUT2D eigenvalue weighted by molar-refractivity contribution is -0.330. The number of nitrogens with one attached hydrogen (secondary N) is 3. The zero-order chi connectivity index (χ0) is 25.3. The van der Waals surface area contributed by atoms with Crippen LogP contribution in [0.1, 0.15) is 49.6 Å². The van der Waals surface area contributed by atoms with Crippen molar-refractivity contribution in [3.05, 3.63) is 35.4 Å². The number of alkyl carbamates (subject to hydrolysis) is 1. The number of hydrogen-bond acceptors (Lipinski definition) is 7. The topological polar surface area (TPSA) is 118 Å². The SMILES string of the molecule is Cc1cnc(Nc2cc([C@@H]3CC[C@H](OC(=O)NC(C)C)[C@@H]3F)[nH]n2)n2cc(COC(F)(F)F)nc12. The van der Waals surface area contributed by atoms with Gasteiger partial charge in [-0.15, -0.1) is 13.2 Å². The van der Waals surface area contributed by atoms with E-state index < -0.39 is 37.3 Å². The van der Waals surface area contributed by atoms with Gasteiger partial charge >= 0.3 is 12.5 Å². The molecule has 3 aromatic heterocycles. The Morgan fingerprint density at radius 1 is 1.34 bits per heavy atom. The van der Waals surface area contributed by atoms with Crippen molar-refractivity contribution in [3.63, 3.8) is 0 Å². The number of alkyl halides is 4. The molecule has 3 N–H and O–H groups in total. The molecule has 0 unspecified atom stereocenters. The largest absolute Gasteiger partial charge is 0.522 e.